The van der Waals surface area contributed by atoms with Gasteiger partial charge >= 0.3 is 5.97 Å². The Kier molecular flexibility index (Phi) is 4.39. The molecule has 0 spiro atoms. The van der Waals surface area contributed by atoms with Gasteiger partial charge < -0.3 is 10.2 Å². The summed E-state index contributed by atoms with van der Waals surface area (Å²) in [6, 6.07) is 4.70. The lowest BCUT2D eigenvalue weighted by molar-refractivity contribution is -0.142. The number of rotatable bonds is 5. The van der Waals surface area contributed by atoms with E-state index in [9.17, 15) is 14.3 Å². The van der Waals surface area contributed by atoms with Crippen molar-refractivity contribution in [3.8, 4) is 0 Å². The maximum atomic E-state index is 12.6. The van der Waals surface area contributed by atoms with Gasteiger partial charge in [-0.25, -0.2) is 4.39 Å². The largest absolute Gasteiger partial charge is 0.480 e. The molecule has 1 aromatic rings. The van der Waals surface area contributed by atoms with Gasteiger partial charge in [0.2, 0.25) is 0 Å². The van der Waals surface area contributed by atoms with Crippen molar-refractivity contribution in [2.75, 3.05) is 0 Å². The molecule has 3 N–H and O–H groups in total. The van der Waals surface area contributed by atoms with Gasteiger partial charge in [0.25, 0.3) is 0 Å². The van der Waals surface area contributed by atoms with Gasteiger partial charge in [-0.05, 0) is 24.6 Å². The summed E-state index contributed by atoms with van der Waals surface area (Å²) in [6.45, 7) is 1.67. The van der Waals surface area contributed by atoms with E-state index in [1.165, 1.54) is 19.1 Å². The maximum absolute atomic E-state index is 12.6. The summed E-state index contributed by atoms with van der Waals surface area (Å²) < 4.78 is 12.6. The summed E-state index contributed by atoms with van der Waals surface area (Å²) in [6.07, 6.45) is -0.988. The highest BCUT2D eigenvalue weighted by Gasteiger charge is 2.21. The van der Waals surface area contributed by atoms with E-state index in [0.717, 1.165) is 5.56 Å². The molecule has 2 atom stereocenters. The van der Waals surface area contributed by atoms with Gasteiger partial charge in [-0.2, -0.15) is 0 Å². The molecule has 0 saturated heterocycles. The van der Waals surface area contributed by atoms with Crippen LogP contribution >= 0.6 is 0 Å². The molecule has 5 heteroatoms. The number of carbonyl (C=O) groups is 1. The number of nitrogens with one attached hydrogen (secondary N) is 1. The molecule has 0 aliphatic carbocycles. The molecule has 2 unspecified atom stereocenters. The highest BCUT2D eigenvalue weighted by molar-refractivity contribution is 5.74. The standard InChI is InChI=1S/C11H14FNO3/c1-7(14)10(11(15)16)13-6-8-2-4-9(12)5-3-8/h2-5,7,10,13-14H,6H2,1H3,(H,15,16). The van der Waals surface area contributed by atoms with Gasteiger partial charge in [-0.1, -0.05) is 12.1 Å². The Morgan fingerprint density at radius 2 is 2.00 bits per heavy atom. The van der Waals surface area contributed by atoms with Crippen molar-refractivity contribution in [2.45, 2.75) is 25.6 Å². The van der Waals surface area contributed by atoms with E-state index in [4.69, 9.17) is 5.11 Å². The molecule has 0 heterocycles. The average Bonchev–Trinajstić information content (AvgIpc) is 2.20. The van der Waals surface area contributed by atoms with Crippen LogP contribution in [0.2, 0.25) is 0 Å². The molecule has 1 aromatic carbocycles. The molecule has 0 fully saturated rings. The second-order valence-electron chi connectivity index (χ2n) is 3.56. The van der Waals surface area contributed by atoms with E-state index < -0.39 is 18.1 Å². The first kappa shape index (κ1) is 12.6. The smallest absolute Gasteiger partial charge is 0.323 e. The van der Waals surface area contributed by atoms with Crippen LogP contribution in [-0.4, -0.2) is 28.3 Å². The molecular weight excluding hydrogens is 213 g/mol. The number of halogens is 1. The molecule has 16 heavy (non-hydrogen) atoms. The Labute approximate surface area is 92.7 Å². The summed E-state index contributed by atoms with van der Waals surface area (Å²) in [5.74, 6) is -1.45. The zero-order chi connectivity index (χ0) is 12.1. The van der Waals surface area contributed by atoms with Crippen molar-refractivity contribution >= 4 is 5.97 Å². The molecule has 0 aliphatic heterocycles. The summed E-state index contributed by atoms with van der Waals surface area (Å²) in [7, 11) is 0. The molecular formula is C11H14FNO3. The normalized spacial score (nSPS) is 14.4. The SMILES string of the molecule is CC(O)C(NCc1ccc(F)cc1)C(=O)O. The van der Waals surface area contributed by atoms with E-state index in [1.54, 1.807) is 12.1 Å². The molecule has 0 radical (unpaired) electrons. The van der Waals surface area contributed by atoms with Crippen LogP contribution in [0.5, 0.6) is 0 Å². The predicted octanol–water partition coefficient (Wildman–Crippen LogP) is 0.749. The summed E-state index contributed by atoms with van der Waals surface area (Å²) >= 11 is 0. The van der Waals surface area contributed by atoms with E-state index in [2.05, 4.69) is 5.32 Å². The van der Waals surface area contributed by atoms with Gasteiger partial charge in [-0.3, -0.25) is 10.1 Å². The summed E-state index contributed by atoms with van der Waals surface area (Å²) in [4.78, 5) is 10.7. The van der Waals surface area contributed by atoms with Crippen molar-refractivity contribution in [3.05, 3.63) is 35.6 Å². The molecule has 0 bridgehead atoms. The van der Waals surface area contributed by atoms with Crippen LogP contribution in [0.15, 0.2) is 24.3 Å². The van der Waals surface area contributed by atoms with Crippen molar-refractivity contribution in [2.24, 2.45) is 0 Å². The lowest BCUT2D eigenvalue weighted by atomic mass is 10.1. The number of aliphatic hydroxyl groups excluding tert-OH is 1. The maximum Gasteiger partial charge on any atom is 0.323 e. The molecule has 0 aromatic heterocycles. The van der Waals surface area contributed by atoms with E-state index >= 15 is 0 Å². The van der Waals surface area contributed by atoms with Crippen LogP contribution in [-0.2, 0) is 11.3 Å². The number of aliphatic hydroxyl groups is 1. The Morgan fingerprint density at radius 1 is 1.44 bits per heavy atom. The van der Waals surface area contributed by atoms with Crippen LogP contribution in [0, 0.1) is 5.82 Å². The molecule has 88 valence electrons. The average molecular weight is 227 g/mol. The minimum absolute atomic E-state index is 0.266. The van der Waals surface area contributed by atoms with Crippen molar-refractivity contribution in [3.63, 3.8) is 0 Å². The predicted molar refractivity (Wildman–Crippen MR) is 56.3 cm³/mol. The van der Waals surface area contributed by atoms with Crippen molar-refractivity contribution < 1.29 is 19.4 Å². The molecule has 0 amide bonds. The Hall–Kier alpha value is -1.46. The summed E-state index contributed by atoms with van der Waals surface area (Å²) in [5.41, 5.74) is 0.758. The first-order valence-corrected chi connectivity index (χ1v) is 4.89. The van der Waals surface area contributed by atoms with Gasteiger partial charge in [0.15, 0.2) is 0 Å². The number of aliphatic carboxylic acids is 1. The van der Waals surface area contributed by atoms with E-state index in [1.807, 2.05) is 0 Å². The van der Waals surface area contributed by atoms with E-state index in [0.29, 0.717) is 0 Å². The number of carboxylic acid groups (broad SMARTS) is 1. The molecule has 1 rings (SSSR count). The van der Waals surface area contributed by atoms with Crippen molar-refractivity contribution in [1.82, 2.24) is 5.32 Å². The van der Waals surface area contributed by atoms with Crippen molar-refractivity contribution in [1.29, 1.82) is 0 Å². The molecule has 4 nitrogen and oxygen atoms in total. The van der Waals surface area contributed by atoms with Crippen LogP contribution in [0.3, 0.4) is 0 Å². The Bertz CT molecular complexity index is 351. The summed E-state index contributed by atoms with van der Waals surface area (Å²) in [5, 5.41) is 20.7. The Balaban J connectivity index is 2.55. The highest BCUT2D eigenvalue weighted by atomic mass is 19.1. The number of carboxylic acids is 1. The van der Waals surface area contributed by atoms with Crippen LogP contribution < -0.4 is 5.32 Å². The number of hydrogen-bond donors (Lipinski definition) is 3. The quantitative estimate of drug-likeness (QED) is 0.694. The lowest BCUT2D eigenvalue weighted by Crippen LogP contribution is -2.44. The second-order valence-corrected chi connectivity index (χ2v) is 3.56. The molecule has 0 aliphatic rings. The highest BCUT2D eigenvalue weighted by Crippen LogP contribution is 2.03. The van der Waals surface area contributed by atoms with E-state index in [-0.39, 0.29) is 12.4 Å². The topological polar surface area (TPSA) is 69.6 Å². The van der Waals surface area contributed by atoms with Gasteiger partial charge in [0, 0.05) is 6.54 Å². The third-order valence-electron chi connectivity index (χ3n) is 2.19. The fraction of sp³-hybridized carbons (Fsp3) is 0.364. The number of hydrogen-bond acceptors (Lipinski definition) is 3. The molecule has 0 saturated carbocycles. The van der Waals surface area contributed by atoms with Gasteiger partial charge in [-0.15, -0.1) is 0 Å². The monoisotopic (exact) mass is 227 g/mol. The first-order chi connectivity index (χ1) is 7.50. The second kappa shape index (κ2) is 5.58. The van der Waals surface area contributed by atoms with Crippen LogP contribution in [0.25, 0.3) is 0 Å². The first-order valence-electron chi connectivity index (χ1n) is 4.89. The minimum Gasteiger partial charge on any atom is -0.480 e. The Morgan fingerprint density at radius 3 is 2.44 bits per heavy atom. The third-order valence-corrected chi connectivity index (χ3v) is 2.19. The zero-order valence-corrected chi connectivity index (χ0v) is 8.85. The fourth-order valence-corrected chi connectivity index (χ4v) is 1.29. The third kappa shape index (κ3) is 3.60. The van der Waals surface area contributed by atoms with Crippen LogP contribution in [0.1, 0.15) is 12.5 Å². The minimum atomic E-state index is -1.11. The van der Waals surface area contributed by atoms with Gasteiger partial charge in [0.05, 0.1) is 6.10 Å². The van der Waals surface area contributed by atoms with Gasteiger partial charge in [0.1, 0.15) is 11.9 Å². The zero-order valence-electron chi connectivity index (χ0n) is 8.85. The fourth-order valence-electron chi connectivity index (χ4n) is 1.29. The van der Waals surface area contributed by atoms with Crippen LogP contribution in [0.4, 0.5) is 4.39 Å². The lowest BCUT2D eigenvalue weighted by Gasteiger charge is -2.16. The number of benzene rings is 1.